The van der Waals surface area contributed by atoms with Crippen LogP contribution in [0.15, 0.2) is 30.3 Å². The average molecular weight is 418 g/mol. The van der Waals surface area contributed by atoms with Gasteiger partial charge in [-0.1, -0.05) is 30.3 Å². The summed E-state index contributed by atoms with van der Waals surface area (Å²) in [7, 11) is 0. The highest BCUT2D eigenvalue weighted by Crippen LogP contribution is 2.25. The number of benzene rings is 1. The van der Waals surface area contributed by atoms with Crippen LogP contribution in [0.2, 0.25) is 0 Å². The Hall–Kier alpha value is -1.96. The Morgan fingerprint density at radius 2 is 1.80 bits per heavy atom. The topological polar surface area (TPSA) is 71.1 Å². The first-order valence-electron chi connectivity index (χ1n) is 11.1. The van der Waals surface area contributed by atoms with Crippen molar-refractivity contribution in [3.05, 3.63) is 35.9 Å². The summed E-state index contributed by atoms with van der Waals surface area (Å²) in [6, 6.07) is 10.5. The molecule has 0 saturated carbocycles. The van der Waals surface area contributed by atoms with E-state index in [1.807, 2.05) is 25.1 Å². The van der Waals surface area contributed by atoms with Gasteiger partial charge in [0.1, 0.15) is 0 Å². The van der Waals surface area contributed by atoms with Crippen LogP contribution in [-0.4, -0.2) is 80.3 Å². The number of nitrogens with one attached hydrogen (secondary N) is 1. The minimum atomic E-state index is -0.105. The Bertz CT molecular complexity index is 670. The van der Waals surface area contributed by atoms with Gasteiger partial charge < -0.3 is 14.8 Å². The first-order valence-corrected chi connectivity index (χ1v) is 11.1. The van der Waals surface area contributed by atoms with Gasteiger partial charge >= 0.3 is 5.97 Å². The van der Waals surface area contributed by atoms with Gasteiger partial charge in [0.25, 0.3) is 0 Å². The van der Waals surface area contributed by atoms with Crippen LogP contribution in [0, 0.1) is 5.92 Å². The Morgan fingerprint density at radius 1 is 1.13 bits per heavy atom. The fourth-order valence-electron chi connectivity index (χ4n) is 4.49. The lowest BCUT2D eigenvalue weighted by Crippen LogP contribution is -2.50. The van der Waals surface area contributed by atoms with Gasteiger partial charge in [0.2, 0.25) is 5.91 Å². The van der Waals surface area contributed by atoms with Crippen LogP contribution in [0.3, 0.4) is 0 Å². The molecule has 2 aliphatic rings. The molecule has 1 aromatic carbocycles. The van der Waals surface area contributed by atoms with E-state index in [0.29, 0.717) is 13.2 Å². The summed E-state index contributed by atoms with van der Waals surface area (Å²) >= 11 is 0. The number of rotatable bonds is 8. The molecule has 1 aromatic rings. The quantitative estimate of drug-likeness (QED) is 0.651. The zero-order chi connectivity index (χ0) is 21.3. The zero-order valence-corrected chi connectivity index (χ0v) is 18.2. The molecule has 2 atom stereocenters. The SMILES string of the molecule is CCOC(=O)C1CCN(CC(=O)N[C@@H](C)[C@@H](c2ccccc2)N2CCOCC2)CC1. The summed E-state index contributed by atoms with van der Waals surface area (Å²) < 4.78 is 10.6. The second-order valence-electron chi connectivity index (χ2n) is 8.16. The number of carbonyl (C=O) groups is 2. The van der Waals surface area contributed by atoms with Gasteiger partial charge in [-0.3, -0.25) is 19.4 Å². The molecule has 2 saturated heterocycles. The van der Waals surface area contributed by atoms with Crippen LogP contribution in [0.5, 0.6) is 0 Å². The van der Waals surface area contributed by atoms with Crippen molar-refractivity contribution >= 4 is 11.9 Å². The lowest BCUT2D eigenvalue weighted by Gasteiger charge is -2.38. The lowest BCUT2D eigenvalue weighted by molar-refractivity contribution is -0.149. The van der Waals surface area contributed by atoms with E-state index in [0.717, 1.165) is 52.2 Å². The first-order chi connectivity index (χ1) is 14.6. The van der Waals surface area contributed by atoms with E-state index in [9.17, 15) is 9.59 Å². The third kappa shape index (κ3) is 6.27. The van der Waals surface area contributed by atoms with Crippen molar-refractivity contribution in [1.82, 2.24) is 15.1 Å². The maximum atomic E-state index is 12.8. The lowest BCUT2D eigenvalue weighted by atomic mass is 9.96. The highest BCUT2D eigenvalue weighted by molar-refractivity contribution is 5.78. The predicted octanol–water partition coefficient (Wildman–Crippen LogP) is 1.84. The number of piperidine rings is 1. The van der Waals surface area contributed by atoms with E-state index in [2.05, 4.69) is 34.2 Å². The molecule has 1 N–H and O–H groups in total. The standard InChI is InChI=1S/C23H35N3O4/c1-3-30-23(28)20-9-11-25(12-10-20)17-21(27)24-18(2)22(19-7-5-4-6-8-19)26-13-15-29-16-14-26/h4-8,18,20,22H,3,9-17H2,1-2H3,(H,24,27)/t18-,22-/m0/s1. The van der Waals surface area contributed by atoms with Crippen LogP contribution in [0.25, 0.3) is 0 Å². The molecule has 7 nitrogen and oxygen atoms in total. The molecular formula is C23H35N3O4. The van der Waals surface area contributed by atoms with Crippen molar-refractivity contribution in [3.63, 3.8) is 0 Å². The maximum absolute atomic E-state index is 12.8. The van der Waals surface area contributed by atoms with E-state index >= 15 is 0 Å². The molecular weight excluding hydrogens is 382 g/mol. The summed E-state index contributed by atoms with van der Waals surface area (Å²) in [5, 5.41) is 3.22. The molecule has 2 aliphatic heterocycles. The largest absolute Gasteiger partial charge is 0.466 e. The number of esters is 1. The molecule has 2 heterocycles. The van der Waals surface area contributed by atoms with E-state index in [1.165, 1.54) is 5.56 Å². The highest BCUT2D eigenvalue weighted by Gasteiger charge is 2.30. The molecule has 3 rings (SSSR count). The minimum Gasteiger partial charge on any atom is -0.466 e. The molecule has 30 heavy (non-hydrogen) atoms. The Labute approximate surface area is 179 Å². The molecule has 2 fully saturated rings. The fraction of sp³-hybridized carbons (Fsp3) is 0.652. The Morgan fingerprint density at radius 3 is 2.43 bits per heavy atom. The third-order valence-electron chi connectivity index (χ3n) is 6.02. The fourth-order valence-corrected chi connectivity index (χ4v) is 4.49. The second kappa shape index (κ2) is 11.4. The van der Waals surface area contributed by atoms with Crippen LogP contribution >= 0.6 is 0 Å². The summed E-state index contributed by atoms with van der Waals surface area (Å²) in [5.41, 5.74) is 1.21. The van der Waals surface area contributed by atoms with E-state index < -0.39 is 0 Å². The van der Waals surface area contributed by atoms with Gasteiger partial charge in [-0.05, 0) is 45.3 Å². The molecule has 0 aromatic heterocycles. The summed E-state index contributed by atoms with van der Waals surface area (Å²) in [4.78, 5) is 29.2. The van der Waals surface area contributed by atoms with Crippen molar-refractivity contribution in [3.8, 4) is 0 Å². The molecule has 7 heteroatoms. The average Bonchev–Trinajstić information content (AvgIpc) is 2.76. The van der Waals surface area contributed by atoms with Crippen molar-refractivity contribution in [2.45, 2.75) is 38.8 Å². The van der Waals surface area contributed by atoms with E-state index in [4.69, 9.17) is 9.47 Å². The molecule has 166 valence electrons. The van der Waals surface area contributed by atoms with Gasteiger partial charge in [-0.25, -0.2) is 0 Å². The number of ether oxygens (including phenoxy) is 2. The van der Waals surface area contributed by atoms with Crippen molar-refractivity contribution < 1.29 is 19.1 Å². The summed E-state index contributed by atoms with van der Waals surface area (Å²) in [5.74, 6) is -0.107. The number of likely N-dealkylation sites (tertiary alicyclic amines) is 1. The third-order valence-corrected chi connectivity index (χ3v) is 6.02. The van der Waals surface area contributed by atoms with Gasteiger partial charge in [0.15, 0.2) is 0 Å². The smallest absolute Gasteiger partial charge is 0.309 e. The molecule has 0 bridgehead atoms. The molecule has 0 unspecified atom stereocenters. The highest BCUT2D eigenvalue weighted by atomic mass is 16.5. The maximum Gasteiger partial charge on any atom is 0.309 e. The number of amides is 1. The van der Waals surface area contributed by atoms with Gasteiger partial charge in [-0.2, -0.15) is 0 Å². The van der Waals surface area contributed by atoms with Crippen molar-refractivity contribution in [2.75, 3.05) is 52.5 Å². The second-order valence-corrected chi connectivity index (χ2v) is 8.16. The predicted molar refractivity (Wildman–Crippen MR) is 115 cm³/mol. The molecule has 0 aliphatic carbocycles. The molecule has 0 spiro atoms. The van der Waals surface area contributed by atoms with Crippen LogP contribution in [0.4, 0.5) is 0 Å². The Kier molecular flexibility index (Phi) is 8.66. The number of hydrogen-bond acceptors (Lipinski definition) is 6. The van der Waals surface area contributed by atoms with Crippen molar-refractivity contribution in [1.29, 1.82) is 0 Å². The van der Waals surface area contributed by atoms with Crippen molar-refractivity contribution in [2.24, 2.45) is 5.92 Å². The van der Waals surface area contributed by atoms with Crippen LogP contribution < -0.4 is 5.32 Å². The van der Waals surface area contributed by atoms with Gasteiger partial charge in [0, 0.05) is 19.1 Å². The molecule has 0 radical (unpaired) electrons. The first kappa shape index (κ1) is 22.7. The number of carbonyl (C=O) groups excluding carboxylic acids is 2. The van der Waals surface area contributed by atoms with Gasteiger partial charge in [0.05, 0.1) is 38.3 Å². The number of hydrogen-bond donors (Lipinski definition) is 1. The summed E-state index contributed by atoms with van der Waals surface area (Å²) in [6.07, 6.45) is 1.50. The summed E-state index contributed by atoms with van der Waals surface area (Å²) in [6.45, 7) is 9.36. The zero-order valence-electron chi connectivity index (χ0n) is 18.2. The van der Waals surface area contributed by atoms with Gasteiger partial charge in [-0.15, -0.1) is 0 Å². The van der Waals surface area contributed by atoms with E-state index in [-0.39, 0.29) is 29.9 Å². The Balaban J connectivity index is 1.53. The van der Waals surface area contributed by atoms with E-state index in [1.54, 1.807) is 0 Å². The number of morpholine rings is 1. The van der Waals surface area contributed by atoms with Crippen LogP contribution in [0.1, 0.15) is 38.3 Å². The number of nitrogens with zero attached hydrogens (tertiary/aromatic N) is 2. The minimum absolute atomic E-state index is 0.0185. The normalized spacial score (nSPS) is 21.0. The monoisotopic (exact) mass is 417 g/mol. The molecule has 1 amide bonds. The van der Waals surface area contributed by atoms with Crippen LogP contribution in [-0.2, 0) is 19.1 Å².